The number of nitrogens with zero attached hydrogens (tertiary/aromatic N) is 1. The molecule has 2 aromatic rings. The van der Waals surface area contributed by atoms with Crippen LogP contribution in [-0.4, -0.2) is 4.57 Å². The highest BCUT2D eigenvalue weighted by molar-refractivity contribution is 9.10. The lowest BCUT2D eigenvalue weighted by atomic mass is 10.2. The fraction of sp³-hybridized carbons (Fsp3) is 0.0833. The van der Waals surface area contributed by atoms with Crippen molar-refractivity contribution in [1.29, 1.82) is 0 Å². The molecule has 16 heavy (non-hydrogen) atoms. The molecule has 0 fully saturated rings. The van der Waals surface area contributed by atoms with E-state index in [1.54, 1.807) is 30.5 Å². The molecular weight excluding hydrogens is 273 g/mol. The van der Waals surface area contributed by atoms with Crippen LogP contribution in [0.3, 0.4) is 0 Å². The van der Waals surface area contributed by atoms with Crippen LogP contribution in [0.2, 0.25) is 0 Å². The normalized spacial score (nSPS) is 10.4. The summed E-state index contributed by atoms with van der Waals surface area (Å²) in [7, 11) is 0. The Labute approximate surface area is 100 Å². The Morgan fingerprint density at radius 3 is 2.69 bits per heavy atom. The zero-order chi connectivity index (χ0) is 11.5. The molecule has 82 valence electrons. The highest BCUT2D eigenvalue weighted by Gasteiger charge is 2.03. The standard InChI is InChI=1S/C12H9BrFNO/c13-10-5-6-12(16)15(8-10)7-9-3-1-2-4-11(9)14/h1-6,8H,7H2. The average Bonchev–Trinajstić information content (AvgIpc) is 2.27. The SMILES string of the molecule is O=c1ccc(Br)cn1Cc1ccccc1F. The van der Waals surface area contributed by atoms with Gasteiger partial charge in [0.1, 0.15) is 5.82 Å². The zero-order valence-corrected chi connectivity index (χ0v) is 9.95. The van der Waals surface area contributed by atoms with E-state index < -0.39 is 0 Å². The largest absolute Gasteiger partial charge is 0.310 e. The molecule has 0 aliphatic rings. The molecule has 1 aromatic heterocycles. The van der Waals surface area contributed by atoms with Gasteiger partial charge in [0.05, 0.1) is 6.54 Å². The van der Waals surface area contributed by atoms with Gasteiger partial charge >= 0.3 is 0 Å². The highest BCUT2D eigenvalue weighted by atomic mass is 79.9. The summed E-state index contributed by atoms with van der Waals surface area (Å²) in [6.45, 7) is 0.241. The fourth-order valence-electron chi connectivity index (χ4n) is 1.44. The second-order valence-electron chi connectivity index (χ2n) is 3.40. The summed E-state index contributed by atoms with van der Waals surface area (Å²) >= 11 is 3.27. The maximum Gasteiger partial charge on any atom is 0.250 e. The molecule has 1 aromatic carbocycles. The van der Waals surface area contributed by atoms with Crippen molar-refractivity contribution in [3.8, 4) is 0 Å². The van der Waals surface area contributed by atoms with E-state index in [1.807, 2.05) is 0 Å². The van der Waals surface area contributed by atoms with E-state index in [4.69, 9.17) is 0 Å². The minimum Gasteiger partial charge on any atom is -0.310 e. The molecule has 1 heterocycles. The Balaban J connectivity index is 2.38. The molecule has 0 radical (unpaired) electrons. The summed E-state index contributed by atoms with van der Waals surface area (Å²) in [4.78, 5) is 11.5. The second-order valence-corrected chi connectivity index (χ2v) is 4.32. The van der Waals surface area contributed by atoms with Crippen LogP contribution >= 0.6 is 15.9 Å². The molecule has 0 N–H and O–H groups in total. The van der Waals surface area contributed by atoms with Crippen LogP contribution in [0.5, 0.6) is 0 Å². The monoisotopic (exact) mass is 281 g/mol. The maximum absolute atomic E-state index is 13.4. The van der Waals surface area contributed by atoms with Crippen LogP contribution in [-0.2, 0) is 6.54 Å². The first-order valence-electron chi connectivity index (χ1n) is 4.76. The first-order valence-corrected chi connectivity index (χ1v) is 5.55. The summed E-state index contributed by atoms with van der Waals surface area (Å²) in [5.41, 5.74) is 0.356. The quantitative estimate of drug-likeness (QED) is 0.830. The molecule has 4 heteroatoms. The van der Waals surface area contributed by atoms with Crippen LogP contribution in [0.15, 0.2) is 51.9 Å². The molecular formula is C12H9BrFNO. The van der Waals surface area contributed by atoms with Gasteiger partial charge in [-0.25, -0.2) is 4.39 Å². The van der Waals surface area contributed by atoms with Gasteiger partial charge in [-0.2, -0.15) is 0 Å². The summed E-state index contributed by atoms with van der Waals surface area (Å²) in [5.74, 6) is -0.297. The molecule has 0 saturated heterocycles. The van der Waals surface area contributed by atoms with E-state index in [2.05, 4.69) is 15.9 Å². The minimum atomic E-state index is -0.297. The zero-order valence-electron chi connectivity index (χ0n) is 8.36. The van der Waals surface area contributed by atoms with Crippen molar-refractivity contribution >= 4 is 15.9 Å². The topological polar surface area (TPSA) is 22.0 Å². The molecule has 0 spiro atoms. The van der Waals surface area contributed by atoms with Crippen LogP contribution in [0, 0.1) is 5.82 Å². The molecule has 0 unspecified atom stereocenters. The van der Waals surface area contributed by atoms with Crippen molar-refractivity contribution in [3.05, 3.63) is 68.8 Å². The predicted octanol–water partition coefficient (Wildman–Crippen LogP) is 2.80. The lowest BCUT2D eigenvalue weighted by Crippen LogP contribution is -2.19. The van der Waals surface area contributed by atoms with Gasteiger partial charge in [-0.3, -0.25) is 4.79 Å². The summed E-state index contributed by atoms with van der Waals surface area (Å²) in [5, 5.41) is 0. The van der Waals surface area contributed by atoms with Crippen molar-refractivity contribution in [1.82, 2.24) is 4.57 Å². The Bertz CT molecular complexity index is 565. The average molecular weight is 282 g/mol. The maximum atomic E-state index is 13.4. The molecule has 0 aliphatic carbocycles. The third kappa shape index (κ3) is 2.39. The van der Waals surface area contributed by atoms with Gasteiger partial charge in [0.2, 0.25) is 0 Å². The molecule has 2 rings (SSSR count). The molecule has 0 amide bonds. The van der Waals surface area contributed by atoms with Crippen LogP contribution < -0.4 is 5.56 Å². The van der Waals surface area contributed by atoms with E-state index in [1.165, 1.54) is 16.7 Å². The smallest absolute Gasteiger partial charge is 0.250 e. The molecule has 0 atom stereocenters. The van der Waals surface area contributed by atoms with E-state index >= 15 is 0 Å². The summed E-state index contributed by atoms with van der Waals surface area (Å²) < 4.78 is 15.6. The number of hydrogen-bond acceptors (Lipinski definition) is 1. The van der Waals surface area contributed by atoms with Crippen LogP contribution in [0.25, 0.3) is 0 Å². The van der Waals surface area contributed by atoms with Gasteiger partial charge in [0.15, 0.2) is 0 Å². The van der Waals surface area contributed by atoms with E-state index in [-0.39, 0.29) is 17.9 Å². The van der Waals surface area contributed by atoms with Crippen LogP contribution in [0.1, 0.15) is 5.56 Å². The van der Waals surface area contributed by atoms with Gasteiger partial charge in [0.25, 0.3) is 5.56 Å². The van der Waals surface area contributed by atoms with Gasteiger partial charge in [-0.15, -0.1) is 0 Å². The number of rotatable bonds is 2. The first kappa shape index (κ1) is 11.1. The molecule has 0 saturated carbocycles. The van der Waals surface area contributed by atoms with Gasteiger partial charge < -0.3 is 4.57 Å². The van der Waals surface area contributed by atoms with Crippen molar-refractivity contribution in [2.24, 2.45) is 0 Å². The number of aromatic nitrogens is 1. The minimum absolute atomic E-state index is 0.147. The van der Waals surface area contributed by atoms with Crippen molar-refractivity contribution in [3.63, 3.8) is 0 Å². The Hall–Kier alpha value is -1.42. The summed E-state index contributed by atoms with van der Waals surface area (Å²) in [6.07, 6.45) is 1.65. The molecule has 0 bridgehead atoms. The van der Waals surface area contributed by atoms with Crippen molar-refractivity contribution in [2.75, 3.05) is 0 Å². The number of benzene rings is 1. The highest BCUT2D eigenvalue weighted by Crippen LogP contribution is 2.10. The number of halogens is 2. The third-order valence-electron chi connectivity index (χ3n) is 2.25. The van der Waals surface area contributed by atoms with Crippen molar-refractivity contribution < 1.29 is 4.39 Å². The van der Waals surface area contributed by atoms with Crippen LogP contribution in [0.4, 0.5) is 4.39 Å². The lowest BCUT2D eigenvalue weighted by Gasteiger charge is -2.06. The molecule has 2 nitrogen and oxygen atoms in total. The summed E-state index contributed by atoms with van der Waals surface area (Å²) in [6, 6.07) is 9.55. The van der Waals surface area contributed by atoms with E-state index in [9.17, 15) is 9.18 Å². The number of hydrogen-bond donors (Lipinski definition) is 0. The first-order chi connectivity index (χ1) is 7.66. The Morgan fingerprint density at radius 1 is 1.19 bits per heavy atom. The van der Waals surface area contributed by atoms with Crippen molar-refractivity contribution in [2.45, 2.75) is 6.54 Å². The Morgan fingerprint density at radius 2 is 1.94 bits per heavy atom. The predicted molar refractivity (Wildman–Crippen MR) is 63.9 cm³/mol. The van der Waals surface area contributed by atoms with E-state index in [0.717, 1.165) is 4.47 Å². The van der Waals surface area contributed by atoms with Gasteiger partial charge in [0, 0.05) is 22.3 Å². The Kier molecular flexibility index (Phi) is 3.19. The van der Waals surface area contributed by atoms with Gasteiger partial charge in [-0.1, -0.05) is 18.2 Å². The molecule has 0 aliphatic heterocycles. The third-order valence-corrected chi connectivity index (χ3v) is 2.71. The lowest BCUT2D eigenvalue weighted by molar-refractivity contribution is 0.596. The fourth-order valence-corrected chi connectivity index (χ4v) is 1.82. The van der Waals surface area contributed by atoms with E-state index in [0.29, 0.717) is 5.56 Å². The van der Waals surface area contributed by atoms with Gasteiger partial charge in [-0.05, 0) is 28.1 Å². The number of pyridine rings is 1. The second kappa shape index (κ2) is 4.61.